The zero-order chi connectivity index (χ0) is 19.9. The van der Waals surface area contributed by atoms with E-state index in [4.69, 9.17) is 9.47 Å². The van der Waals surface area contributed by atoms with Gasteiger partial charge in [0.1, 0.15) is 11.5 Å². The molecule has 1 aromatic heterocycles. The lowest BCUT2D eigenvalue weighted by Crippen LogP contribution is -2.56. The molecular formula is C20H25N3O4S. The summed E-state index contributed by atoms with van der Waals surface area (Å²) >= 11 is 1.66. The third-order valence-corrected chi connectivity index (χ3v) is 5.52. The van der Waals surface area contributed by atoms with Crippen molar-refractivity contribution < 1.29 is 19.1 Å². The van der Waals surface area contributed by atoms with Crippen molar-refractivity contribution in [3.63, 3.8) is 0 Å². The Morgan fingerprint density at radius 2 is 2.04 bits per heavy atom. The Morgan fingerprint density at radius 3 is 2.68 bits per heavy atom. The first-order valence-corrected chi connectivity index (χ1v) is 10.00. The molecule has 1 saturated heterocycles. The van der Waals surface area contributed by atoms with Crippen LogP contribution in [-0.4, -0.2) is 50.1 Å². The average Bonchev–Trinajstić information content (AvgIpc) is 3.21. The van der Waals surface area contributed by atoms with Crippen LogP contribution in [-0.2, 0) is 22.7 Å². The quantitative estimate of drug-likeness (QED) is 0.702. The smallest absolute Gasteiger partial charge is 0.237 e. The van der Waals surface area contributed by atoms with Crippen LogP contribution in [0, 0.1) is 0 Å². The van der Waals surface area contributed by atoms with Gasteiger partial charge in [-0.1, -0.05) is 6.07 Å². The number of carbonyl (C=O) groups excluding carboxylic acids is 2. The van der Waals surface area contributed by atoms with Gasteiger partial charge in [0.15, 0.2) is 0 Å². The van der Waals surface area contributed by atoms with Crippen molar-refractivity contribution in [1.29, 1.82) is 0 Å². The molecule has 0 unspecified atom stereocenters. The maximum absolute atomic E-state index is 12.5. The molecule has 1 aliphatic rings. The minimum atomic E-state index is -0.462. The van der Waals surface area contributed by atoms with Crippen molar-refractivity contribution in [3.8, 4) is 11.5 Å². The Labute approximate surface area is 168 Å². The molecule has 1 fully saturated rings. The van der Waals surface area contributed by atoms with Gasteiger partial charge in [-0.2, -0.15) is 0 Å². The van der Waals surface area contributed by atoms with Gasteiger partial charge in [-0.05, 0) is 29.1 Å². The van der Waals surface area contributed by atoms with Crippen molar-refractivity contribution in [2.24, 2.45) is 0 Å². The van der Waals surface area contributed by atoms with Crippen molar-refractivity contribution in [3.05, 3.63) is 46.2 Å². The summed E-state index contributed by atoms with van der Waals surface area (Å²) in [6, 6.07) is 9.05. The number of piperazine rings is 1. The highest BCUT2D eigenvalue weighted by Crippen LogP contribution is 2.22. The molecule has 0 aliphatic carbocycles. The highest BCUT2D eigenvalue weighted by atomic mass is 32.1. The number of benzene rings is 1. The van der Waals surface area contributed by atoms with Gasteiger partial charge in [0.2, 0.25) is 11.8 Å². The number of thiophene rings is 1. The Balaban J connectivity index is 1.60. The number of hydrogen-bond donors (Lipinski definition) is 2. The van der Waals surface area contributed by atoms with E-state index in [1.54, 1.807) is 31.6 Å². The normalized spacial score (nSPS) is 17.1. The molecule has 1 aliphatic heterocycles. The first-order valence-electron chi connectivity index (χ1n) is 9.12. The Hall–Kier alpha value is -2.58. The average molecular weight is 404 g/mol. The van der Waals surface area contributed by atoms with Crippen LogP contribution in [0.25, 0.3) is 0 Å². The lowest BCUT2D eigenvalue weighted by atomic mass is 10.1. The molecule has 3 rings (SSSR count). The van der Waals surface area contributed by atoms with Gasteiger partial charge >= 0.3 is 0 Å². The number of rotatable bonds is 8. The molecule has 1 atom stereocenters. The number of ether oxygens (including phenoxy) is 2. The molecule has 8 heteroatoms. The summed E-state index contributed by atoms with van der Waals surface area (Å²) in [6.07, 6.45) is 0.123. The summed E-state index contributed by atoms with van der Waals surface area (Å²) in [6.45, 7) is 2.35. The fourth-order valence-corrected chi connectivity index (χ4v) is 3.92. The largest absolute Gasteiger partial charge is 0.497 e. The van der Waals surface area contributed by atoms with Gasteiger partial charge in [0, 0.05) is 37.1 Å². The molecule has 28 heavy (non-hydrogen) atoms. The van der Waals surface area contributed by atoms with Crippen LogP contribution in [0.1, 0.15) is 16.9 Å². The first kappa shape index (κ1) is 20.2. The van der Waals surface area contributed by atoms with Crippen molar-refractivity contribution in [1.82, 2.24) is 15.5 Å². The number of nitrogens with zero attached hydrogens (tertiary/aromatic N) is 1. The molecule has 2 N–H and O–H groups in total. The van der Waals surface area contributed by atoms with E-state index in [0.717, 1.165) is 12.1 Å². The molecule has 150 valence electrons. The number of hydrogen-bond acceptors (Lipinski definition) is 6. The van der Waals surface area contributed by atoms with Crippen LogP contribution >= 0.6 is 11.3 Å². The van der Waals surface area contributed by atoms with E-state index in [9.17, 15) is 9.59 Å². The molecular weight excluding hydrogens is 378 g/mol. The van der Waals surface area contributed by atoms with Gasteiger partial charge in [0.25, 0.3) is 0 Å². The third-order valence-electron chi connectivity index (χ3n) is 4.66. The van der Waals surface area contributed by atoms with Gasteiger partial charge in [0.05, 0.1) is 26.7 Å². The Kier molecular flexibility index (Phi) is 6.89. The molecule has 0 bridgehead atoms. The number of amides is 2. The van der Waals surface area contributed by atoms with Crippen LogP contribution in [0.3, 0.4) is 0 Å². The highest BCUT2D eigenvalue weighted by Gasteiger charge is 2.31. The summed E-state index contributed by atoms with van der Waals surface area (Å²) in [5.74, 6) is 1.07. The van der Waals surface area contributed by atoms with E-state index in [-0.39, 0.29) is 18.2 Å². The number of carbonyl (C=O) groups is 2. The van der Waals surface area contributed by atoms with Gasteiger partial charge in [-0.15, -0.1) is 11.3 Å². The second-order valence-electron chi connectivity index (χ2n) is 6.56. The molecule has 2 aromatic rings. The maximum Gasteiger partial charge on any atom is 0.237 e. The van der Waals surface area contributed by atoms with Crippen LogP contribution in [0.15, 0.2) is 35.7 Å². The molecule has 7 nitrogen and oxygen atoms in total. The molecule has 1 aromatic carbocycles. The molecule has 2 heterocycles. The van der Waals surface area contributed by atoms with Gasteiger partial charge in [-0.3, -0.25) is 14.5 Å². The molecule has 0 spiro atoms. The molecule has 0 saturated carbocycles. The molecule has 0 radical (unpaired) electrons. The predicted octanol–water partition coefficient (Wildman–Crippen LogP) is 1.77. The number of methoxy groups -OCH3 is 2. The monoisotopic (exact) mass is 403 g/mol. The maximum atomic E-state index is 12.5. The fourth-order valence-electron chi connectivity index (χ4n) is 3.19. The Bertz CT molecular complexity index is 788. The van der Waals surface area contributed by atoms with Gasteiger partial charge in [-0.25, -0.2) is 0 Å². The highest BCUT2D eigenvalue weighted by molar-refractivity contribution is 7.09. The van der Waals surface area contributed by atoms with Crippen molar-refractivity contribution in [2.45, 2.75) is 25.6 Å². The van der Waals surface area contributed by atoms with E-state index in [1.807, 2.05) is 29.6 Å². The summed E-state index contributed by atoms with van der Waals surface area (Å²) in [4.78, 5) is 28.1. The van der Waals surface area contributed by atoms with E-state index in [1.165, 1.54) is 4.88 Å². The van der Waals surface area contributed by atoms with Crippen LogP contribution < -0.4 is 20.1 Å². The summed E-state index contributed by atoms with van der Waals surface area (Å²) in [7, 11) is 3.17. The van der Waals surface area contributed by atoms with Gasteiger partial charge < -0.3 is 20.1 Å². The van der Waals surface area contributed by atoms with Crippen LogP contribution in [0.2, 0.25) is 0 Å². The summed E-state index contributed by atoms with van der Waals surface area (Å²) in [5.41, 5.74) is 0.869. The van der Waals surface area contributed by atoms with Crippen LogP contribution in [0.5, 0.6) is 11.5 Å². The first-order chi connectivity index (χ1) is 13.6. The zero-order valence-electron chi connectivity index (χ0n) is 16.1. The number of nitrogens with one attached hydrogen (secondary N) is 2. The second kappa shape index (κ2) is 9.57. The zero-order valence-corrected chi connectivity index (χ0v) is 16.9. The van der Waals surface area contributed by atoms with E-state index in [0.29, 0.717) is 31.1 Å². The predicted molar refractivity (Wildman–Crippen MR) is 108 cm³/mol. The van der Waals surface area contributed by atoms with Crippen molar-refractivity contribution >= 4 is 23.2 Å². The lowest BCUT2D eigenvalue weighted by Gasteiger charge is -2.34. The van der Waals surface area contributed by atoms with E-state index < -0.39 is 6.04 Å². The van der Waals surface area contributed by atoms with E-state index in [2.05, 4.69) is 15.5 Å². The molecule has 2 amide bonds. The third kappa shape index (κ3) is 5.24. The SMILES string of the molecule is COc1cc(CNC(=O)C[C@@H]2C(=O)NCCN2Cc2cccs2)cc(OC)c1. The summed E-state index contributed by atoms with van der Waals surface area (Å²) < 4.78 is 10.5. The van der Waals surface area contributed by atoms with E-state index >= 15 is 0 Å². The second-order valence-corrected chi connectivity index (χ2v) is 7.59. The minimum absolute atomic E-state index is 0.0963. The van der Waals surface area contributed by atoms with Crippen LogP contribution in [0.4, 0.5) is 0 Å². The standard InChI is InChI=1S/C20H25N3O4S/c1-26-15-8-14(9-16(10-15)27-2)12-22-19(24)11-18-20(25)21-5-6-23(18)13-17-4-3-7-28-17/h3-4,7-10,18H,5-6,11-13H2,1-2H3,(H,21,25)(H,22,24)/t18-/m1/s1. The van der Waals surface area contributed by atoms with Crippen molar-refractivity contribution in [2.75, 3.05) is 27.3 Å². The minimum Gasteiger partial charge on any atom is -0.497 e. The Morgan fingerprint density at radius 1 is 1.29 bits per heavy atom. The lowest BCUT2D eigenvalue weighted by molar-refractivity contribution is -0.134. The summed E-state index contributed by atoms with van der Waals surface area (Å²) in [5, 5.41) is 7.77. The fraction of sp³-hybridized carbons (Fsp3) is 0.400. The topological polar surface area (TPSA) is 79.9 Å².